The van der Waals surface area contributed by atoms with Gasteiger partial charge in [-0.05, 0) is 47.9 Å². The second kappa shape index (κ2) is 3.84. The first kappa shape index (κ1) is 10.1. The normalized spacial score (nSPS) is 16.9. The largest absolute Gasteiger partial charge is 0.0620 e. The van der Waals surface area contributed by atoms with Gasteiger partial charge in [0.2, 0.25) is 0 Å². The van der Waals surface area contributed by atoms with Gasteiger partial charge in [0.1, 0.15) is 0 Å². The number of hydrogen-bond acceptors (Lipinski definition) is 0. The Balaban J connectivity index is 1.70. The number of rotatable bonds is 0. The minimum atomic E-state index is 1.18. The second-order valence-electron chi connectivity index (χ2n) is 5.45. The quantitative estimate of drug-likeness (QED) is 0.605. The number of allylic oxidation sites excluding steroid dienone is 2. The van der Waals surface area contributed by atoms with Gasteiger partial charge in [0.15, 0.2) is 0 Å². The van der Waals surface area contributed by atoms with Crippen molar-refractivity contribution in [3.05, 3.63) is 81.9 Å². The Kier molecular flexibility index (Phi) is 2.16. The molecule has 0 heterocycles. The lowest BCUT2D eigenvalue weighted by atomic mass is 10.0. The molecule has 18 heavy (non-hydrogen) atoms. The summed E-state index contributed by atoms with van der Waals surface area (Å²) in [6.45, 7) is 0. The third kappa shape index (κ3) is 1.53. The molecule has 0 atom stereocenters. The molecule has 0 saturated heterocycles. The zero-order valence-corrected chi connectivity index (χ0v) is 10.4. The van der Waals surface area contributed by atoms with E-state index in [2.05, 4.69) is 48.5 Å². The van der Waals surface area contributed by atoms with Crippen LogP contribution < -0.4 is 0 Å². The topological polar surface area (TPSA) is 0 Å². The molecule has 0 radical (unpaired) electrons. The predicted octanol–water partition coefficient (Wildman–Crippen LogP) is 3.88. The van der Waals surface area contributed by atoms with Gasteiger partial charge < -0.3 is 0 Å². The molecule has 0 saturated carbocycles. The maximum Gasteiger partial charge on any atom is -0.00580 e. The first-order valence-electron chi connectivity index (χ1n) is 6.73. The van der Waals surface area contributed by atoms with Crippen LogP contribution in [0, 0.1) is 0 Å². The lowest BCUT2D eigenvalue weighted by Crippen LogP contribution is -1.92. The average molecular weight is 232 g/mol. The smallest absolute Gasteiger partial charge is 0.00580 e. The van der Waals surface area contributed by atoms with E-state index in [1.54, 1.807) is 11.1 Å². The van der Waals surface area contributed by atoms with E-state index in [0.717, 1.165) is 0 Å². The Morgan fingerprint density at radius 3 is 1.00 bits per heavy atom. The van der Waals surface area contributed by atoms with Crippen molar-refractivity contribution in [1.82, 2.24) is 0 Å². The van der Waals surface area contributed by atoms with Crippen LogP contribution in [0.1, 0.15) is 22.3 Å². The summed E-state index contributed by atoms with van der Waals surface area (Å²) in [5.74, 6) is 0. The van der Waals surface area contributed by atoms with Crippen molar-refractivity contribution in [2.45, 2.75) is 25.7 Å². The molecule has 0 nitrogen and oxygen atoms in total. The minimum absolute atomic E-state index is 1.18. The molecule has 0 aliphatic heterocycles. The summed E-state index contributed by atoms with van der Waals surface area (Å²) >= 11 is 0. The van der Waals surface area contributed by atoms with E-state index in [1.165, 1.54) is 47.9 Å². The fraction of sp³-hybridized carbons (Fsp3) is 0.222. The highest BCUT2D eigenvalue weighted by Gasteiger charge is 2.22. The fourth-order valence-corrected chi connectivity index (χ4v) is 3.35. The van der Waals surface area contributed by atoms with Crippen molar-refractivity contribution >= 4 is 0 Å². The highest BCUT2D eigenvalue weighted by atomic mass is 14.3. The van der Waals surface area contributed by atoms with Crippen molar-refractivity contribution < 1.29 is 0 Å². The molecule has 0 N–H and O–H groups in total. The molecule has 0 fully saturated rings. The summed E-state index contributed by atoms with van der Waals surface area (Å²) in [7, 11) is 0. The Labute approximate surface area is 108 Å². The van der Waals surface area contributed by atoms with Gasteiger partial charge in [0.25, 0.3) is 0 Å². The summed E-state index contributed by atoms with van der Waals surface area (Å²) < 4.78 is 0. The monoisotopic (exact) mass is 232 g/mol. The summed E-state index contributed by atoms with van der Waals surface area (Å²) in [6.07, 6.45) is 4.72. The molecule has 2 aliphatic rings. The van der Waals surface area contributed by atoms with Crippen molar-refractivity contribution in [2.24, 2.45) is 0 Å². The summed E-state index contributed by atoms with van der Waals surface area (Å²) in [5, 5.41) is 0. The Bertz CT molecular complexity index is 535. The molecule has 4 rings (SSSR count). The molecule has 0 heteroatoms. The average Bonchev–Trinajstić information content (AvgIpc) is 3.02. The van der Waals surface area contributed by atoms with Crippen LogP contribution in [-0.2, 0) is 25.7 Å². The van der Waals surface area contributed by atoms with Gasteiger partial charge in [-0.3, -0.25) is 0 Å². The summed E-state index contributed by atoms with van der Waals surface area (Å²) in [6, 6.07) is 17.8. The summed E-state index contributed by atoms with van der Waals surface area (Å²) in [4.78, 5) is 0. The zero-order valence-electron chi connectivity index (χ0n) is 10.4. The molecule has 0 amide bonds. The van der Waals surface area contributed by atoms with E-state index in [9.17, 15) is 0 Å². The number of hydrogen-bond donors (Lipinski definition) is 0. The third-order valence-corrected chi connectivity index (χ3v) is 4.35. The van der Waals surface area contributed by atoms with Gasteiger partial charge in [-0.25, -0.2) is 0 Å². The Morgan fingerprint density at radius 2 is 0.722 bits per heavy atom. The maximum absolute atomic E-state index is 2.28. The van der Waals surface area contributed by atoms with Crippen LogP contribution >= 0.6 is 0 Å². The van der Waals surface area contributed by atoms with Gasteiger partial charge in [-0.1, -0.05) is 59.7 Å². The van der Waals surface area contributed by atoms with Gasteiger partial charge in [-0.15, -0.1) is 0 Å². The second-order valence-corrected chi connectivity index (χ2v) is 5.45. The Morgan fingerprint density at radius 1 is 0.444 bits per heavy atom. The van der Waals surface area contributed by atoms with Crippen LogP contribution in [-0.4, -0.2) is 0 Å². The molecule has 0 spiro atoms. The van der Waals surface area contributed by atoms with Gasteiger partial charge in [-0.2, -0.15) is 0 Å². The van der Waals surface area contributed by atoms with Crippen molar-refractivity contribution in [2.75, 3.05) is 0 Å². The first-order chi connectivity index (χ1) is 8.90. The Hall–Kier alpha value is -1.82. The van der Waals surface area contributed by atoms with Crippen molar-refractivity contribution in [3.63, 3.8) is 0 Å². The van der Waals surface area contributed by atoms with E-state index >= 15 is 0 Å². The summed E-state index contributed by atoms with van der Waals surface area (Å²) in [5.41, 5.74) is 9.50. The standard InChI is InChI=1S/C18H16/c1-2-6-14-10-17(9-13(14)5-1)18-11-15-7-3-4-8-16(15)12-18/h1-8H,9-12H2. The predicted molar refractivity (Wildman–Crippen MR) is 74.7 cm³/mol. The molecule has 2 aromatic rings. The van der Waals surface area contributed by atoms with Crippen LogP contribution in [0.25, 0.3) is 0 Å². The van der Waals surface area contributed by atoms with E-state index in [-0.39, 0.29) is 0 Å². The highest BCUT2D eigenvalue weighted by molar-refractivity contribution is 5.48. The van der Waals surface area contributed by atoms with Gasteiger partial charge >= 0.3 is 0 Å². The van der Waals surface area contributed by atoms with Crippen LogP contribution in [0.5, 0.6) is 0 Å². The molecule has 0 unspecified atom stereocenters. The molecule has 88 valence electrons. The van der Waals surface area contributed by atoms with Gasteiger partial charge in [0, 0.05) is 0 Å². The van der Waals surface area contributed by atoms with E-state index in [0.29, 0.717) is 0 Å². The van der Waals surface area contributed by atoms with Crippen LogP contribution in [0.15, 0.2) is 59.7 Å². The lowest BCUT2D eigenvalue weighted by molar-refractivity contribution is 1.03. The lowest BCUT2D eigenvalue weighted by Gasteiger charge is -2.02. The first-order valence-corrected chi connectivity index (χ1v) is 6.73. The number of benzene rings is 2. The number of fused-ring (bicyclic) bond motifs is 2. The fourth-order valence-electron chi connectivity index (χ4n) is 3.35. The van der Waals surface area contributed by atoms with E-state index < -0.39 is 0 Å². The van der Waals surface area contributed by atoms with Crippen molar-refractivity contribution in [3.8, 4) is 0 Å². The SMILES string of the molecule is c1ccc2c(c1)CC(=C1Cc3ccccc3C1)C2. The van der Waals surface area contributed by atoms with Crippen LogP contribution in [0.4, 0.5) is 0 Å². The van der Waals surface area contributed by atoms with Crippen LogP contribution in [0.2, 0.25) is 0 Å². The third-order valence-electron chi connectivity index (χ3n) is 4.35. The zero-order chi connectivity index (χ0) is 11.9. The molecular formula is C18H16. The molecular weight excluding hydrogens is 216 g/mol. The molecule has 2 aromatic carbocycles. The van der Waals surface area contributed by atoms with Crippen molar-refractivity contribution in [1.29, 1.82) is 0 Å². The highest BCUT2D eigenvalue weighted by Crippen LogP contribution is 2.34. The van der Waals surface area contributed by atoms with E-state index in [4.69, 9.17) is 0 Å². The molecule has 2 aliphatic carbocycles. The molecule has 0 bridgehead atoms. The van der Waals surface area contributed by atoms with Crippen LogP contribution in [0.3, 0.4) is 0 Å². The minimum Gasteiger partial charge on any atom is -0.0620 e. The molecule has 0 aromatic heterocycles. The van der Waals surface area contributed by atoms with Gasteiger partial charge in [0.05, 0.1) is 0 Å². The van der Waals surface area contributed by atoms with E-state index in [1.807, 2.05) is 0 Å². The maximum atomic E-state index is 2.28.